The zero-order valence-electron chi connectivity index (χ0n) is 11.5. The zero-order valence-corrected chi connectivity index (χ0v) is 11.5. The Kier molecular flexibility index (Phi) is 6.24. The van der Waals surface area contributed by atoms with Gasteiger partial charge in [-0.3, -0.25) is 10.1 Å². The number of nitrogens with one attached hydrogen (secondary N) is 1. The molecular weight excluding hydrogens is 248 g/mol. The van der Waals surface area contributed by atoms with Gasteiger partial charge in [0.05, 0.1) is 12.0 Å². The van der Waals surface area contributed by atoms with Gasteiger partial charge < -0.3 is 14.8 Å². The van der Waals surface area contributed by atoms with Gasteiger partial charge in [0.25, 0.3) is 5.69 Å². The van der Waals surface area contributed by atoms with E-state index in [4.69, 9.17) is 9.47 Å². The molecule has 0 aromatic heterocycles. The number of hydrogen-bond donors (Lipinski definition) is 1. The lowest BCUT2D eigenvalue weighted by Crippen LogP contribution is -2.26. The third-order valence-corrected chi connectivity index (χ3v) is 2.87. The minimum Gasteiger partial charge on any atom is -0.496 e. The third-order valence-electron chi connectivity index (χ3n) is 2.87. The Morgan fingerprint density at radius 3 is 2.74 bits per heavy atom. The maximum absolute atomic E-state index is 10.8. The summed E-state index contributed by atoms with van der Waals surface area (Å²) in [4.78, 5) is 10.4. The van der Waals surface area contributed by atoms with E-state index in [-0.39, 0.29) is 11.7 Å². The summed E-state index contributed by atoms with van der Waals surface area (Å²) in [6, 6.07) is 4.87. The summed E-state index contributed by atoms with van der Waals surface area (Å²) in [6.07, 6.45) is 0.883. The number of nitrogens with zero attached hydrogens (tertiary/aromatic N) is 1. The van der Waals surface area contributed by atoms with Crippen LogP contribution in [0.5, 0.6) is 5.75 Å². The van der Waals surface area contributed by atoms with E-state index in [1.807, 2.05) is 6.92 Å². The minimum atomic E-state index is -0.405. The summed E-state index contributed by atoms with van der Waals surface area (Å²) < 4.78 is 10.2. The van der Waals surface area contributed by atoms with Crippen molar-refractivity contribution in [1.29, 1.82) is 0 Å². The maximum atomic E-state index is 10.8. The molecule has 1 aromatic rings. The summed E-state index contributed by atoms with van der Waals surface area (Å²) in [6.45, 7) is 3.25. The van der Waals surface area contributed by atoms with Crippen LogP contribution in [0.25, 0.3) is 0 Å². The van der Waals surface area contributed by atoms with Crippen LogP contribution in [0.4, 0.5) is 5.69 Å². The molecule has 0 aliphatic rings. The Morgan fingerprint density at radius 2 is 2.16 bits per heavy atom. The van der Waals surface area contributed by atoms with Gasteiger partial charge in [-0.15, -0.1) is 0 Å². The molecule has 6 heteroatoms. The largest absolute Gasteiger partial charge is 0.496 e. The highest BCUT2D eigenvalue weighted by atomic mass is 16.6. The van der Waals surface area contributed by atoms with Crippen LogP contribution in [0.3, 0.4) is 0 Å². The van der Waals surface area contributed by atoms with E-state index in [2.05, 4.69) is 5.32 Å². The molecule has 0 radical (unpaired) electrons. The van der Waals surface area contributed by atoms with Crippen LogP contribution in [-0.4, -0.2) is 31.8 Å². The fourth-order valence-corrected chi connectivity index (χ4v) is 1.70. The van der Waals surface area contributed by atoms with Crippen molar-refractivity contribution in [2.24, 2.45) is 0 Å². The molecule has 6 nitrogen and oxygen atoms in total. The molecule has 1 unspecified atom stereocenters. The van der Waals surface area contributed by atoms with Crippen molar-refractivity contribution < 1.29 is 14.4 Å². The Morgan fingerprint density at radius 1 is 1.42 bits per heavy atom. The normalized spacial score (nSPS) is 12.2. The molecule has 1 atom stereocenters. The van der Waals surface area contributed by atoms with E-state index in [1.54, 1.807) is 20.3 Å². The monoisotopic (exact) mass is 268 g/mol. The van der Waals surface area contributed by atoms with Crippen LogP contribution in [-0.2, 0) is 11.3 Å². The molecule has 0 saturated carbocycles. The third kappa shape index (κ3) is 4.84. The summed E-state index contributed by atoms with van der Waals surface area (Å²) in [5.74, 6) is 0.650. The number of benzene rings is 1. The van der Waals surface area contributed by atoms with E-state index in [9.17, 15) is 10.1 Å². The first kappa shape index (κ1) is 15.4. The second kappa shape index (κ2) is 7.70. The van der Waals surface area contributed by atoms with Crippen molar-refractivity contribution in [2.75, 3.05) is 20.8 Å². The highest BCUT2D eigenvalue weighted by molar-refractivity contribution is 5.43. The predicted molar refractivity (Wildman–Crippen MR) is 72.4 cm³/mol. The number of rotatable bonds is 8. The molecule has 1 N–H and O–H groups in total. The number of ether oxygens (including phenoxy) is 2. The van der Waals surface area contributed by atoms with Crippen LogP contribution in [0.15, 0.2) is 18.2 Å². The van der Waals surface area contributed by atoms with E-state index < -0.39 is 4.92 Å². The molecule has 0 aliphatic carbocycles. The highest BCUT2D eigenvalue weighted by Gasteiger charge is 2.12. The average molecular weight is 268 g/mol. The molecule has 1 rings (SSSR count). The van der Waals surface area contributed by atoms with Gasteiger partial charge in [0.15, 0.2) is 0 Å². The van der Waals surface area contributed by atoms with Gasteiger partial charge in [0.2, 0.25) is 0 Å². The first-order valence-corrected chi connectivity index (χ1v) is 6.12. The standard InChI is InChI=1S/C13H20N2O4/c1-10(6-7-18-2)14-9-11-8-12(15(16)17)4-5-13(11)19-3/h4-5,8,10,14H,6-7,9H2,1-3H3. The van der Waals surface area contributed by atoms with Crippen LogP contribution in [0, 0.1) is 10.1 Å². The van der Waals surface area contributed by atoms with E-state index in [0.29, 0.717) is 18.9 Å². The van der Waals surface area contributed by atoms with Crippen molar-refractivity contribution in [1.82, 2.24) is 5.32 Å². The first-order chi connectivity index (χ1) is 9.08. The Hall–Kier alpha value is -1.66. The fourth-order valence-electron chi connectivity index (χ4n) is 1.70. The summed E-state index contributed by atoms with van der Waals surface area (Å²) >= 11 is 0. The van der Waals surface area contributed by atoms with E-state index >= 15 is 0 Å². The van der Waals surface area contributed by atoms with Crippen LogP contribution in [0.2, 0.25) is 0 Å². The smallest absolute Gasteiger partial charge is 0.270 e. The molecule has 0 spiro atoms. The van der Waals surface area contributed by atoms with Crippen molar-refractivity contribution >= 4 is 5.69 Å². The lowest BCUT2D eigenvalue weighted by Gasteiger charge is -2.14. The van der Waals surface area contributed by atoms with Gasteiger partial charge in [-0.05, 0) is 19.4 Å². The van der Waals surface area contributed by atoms with Gasteiger partial charge >= 0.3 is 0 Å². The van der Waals surface area contributed by atoms with Gasteiger partial charge in [0.1, 0.15) is 5.75 Å². The van der Waals surface area contributed by atoms with Crippen LogP contribution in [0.1, 0.15) is 18.9 Å². The Bertz CT molecular complexity index is 423. The predicted octanol–water partition coefficient (Wildman–Crippen LogP) is 2.12. The van der Waals surface area contributed by atoms with E-state index in [1.165, 1.54) is 12.1 Å². The Balaban J connectivity index is 2.69. The molecule has 0 aliphatic heterocycles. The first-order valence-electron chi connectivity index (χ1n) is 6.12. The number of nitro benzene ring substituents is 1. The second-order valence-electron chi connectivity index (χ2n) is 4.32. The SMILES string of the molecule is COCCC(C)NCc1cc([N+](=O)[O-])ccc1OC. The topological polar surface area (TPSA) is 73.6 Å². The molecular formula is C13H20N2O4. The minimum absolute atomic E-state index is 0.0714. The second-order valence-corrected chi connectivity index (χ2v) is 4.32. The summed E-state index contributed by atoms with van der Waals surface area (Å²) in [5, 5.41) is 14.1. The van der Waals surface area contributed by atoms with Crippen molar-refractivity contribution in [3.8, 4) is 5.75 Å². The summed E-state index contributed by atoms with van der Waals surface area (Å²) in [5.41, 5.74) is 0.850. The van der Waals surface area contributed by atoms with Crippen molar-refractivity contribution in [3.05, 3.63) is 33.9 Å². The molecule has 0 amide bonds. The van der Waals surface area contributed by atoms with Gasteiger partial charge in [-0.25, -0.2) is 0 Å². The molecule has 19 heavy (non-hydrogen) atoms. The van der Waals surface area contributed by atoms with Gasteiger partial charge in [-0.1, -0.05) is 0 Å². The number of non-ortho nitro benzene ring substituents is 1. The molecule has 0 saturated heterocycles. The quantitative estimate of drug-likeness (QED) is 0.577. The molecule has 106 valence electrons. The summed E-state index contributed by atoms with van der Waals surface area (Å²) in [7, 11) is 3.22. The Labute approximate surface area is 112 Å². The highest BCUT2D eigenvalue weighted by Crippen LogP contribution is 2.23. The number of hydrogen-bond acceptors (Lipinski definition) is 5. The lowest BCUT2D eigenvalue weighted by atomic mass is 10.1. The van der Waals surface area contributed by atoms with Gasteiger partial charge in [-0.2, -0.15) is 0 Å². The number of methoxy groups -OCH3 is 2. The van der Waals surface area contributed by atoms with Crippen molar-refractivity contribution in [2.45, 2.75) is 25.9 Å². The van der Waals surface area contributed by atoms with Crippen LogP contribution >= 0.6 is 0 Å². The molecule has 0 heterocycles. The van der Waals surface area contributed by atoms with Crippen molar-refractivity contribution in [3.63, 3.8) is 0 Å². The maximum Gasteiger partial charge on any atom is 0.270 e. The number of nitro groups is 1. The van der Waals surface area contributed by atoms with Gasteiger partial charge in [0, 0.05) is 44.0 Å². The fraction of sp³-hybridized carbons (Fsp3) is 0.538. The molecule has 1 aromatic carbocycles. The van der Waals surface area contributed by atoms with E-state index in [0.717, 1.165) is 12.0 Å². The van der Waals surface area contributed by atoms with Crippen LogP contribution < -0.4 is 10.1 Å². The zero-order chi connectivity index (χ0) is 14.3. The molecule has 0 fully saturated rings. The molecule has 0 bridgehead atoms. The average Bonchev–Trinajstić information content (AvgIpc) is 2.42. The lowest BCUT2D eigenvalue weighted by molar-refractivity contribution is -0.384.